The number of hydrogen-bond donors (Lipinski definition) is 0. The van der Waals surface area contributed by atoms with Crippen molar-refractivity contribution in [3.8, 4) is 0 Å². The third-order valence-electron chi connectivity index (χ3n) is 1.52. The van der Waals surface area contributed by atoms with E-state index >= 15 is 0 Å². The maximum absolute atomic E-state index is 4.19. The summed E-state index contributed by atoms with van der Waals surface area (Å²) in [6, 6.07) is 0. The normalized spacial score (nSPS) is 19.9. The molecule has 0 bridgehead atoms. The van der Waals surface area contributed by atoms with E-state index < -0.39 is 0 Å². The molecule has 9 heavy (non-hydrogen) atoms. The van der Waals surface area contributed by atoms with Gasteiger partial charge in [0.05, 0.1) is 5.70 Å². The fourth-order valence-electron chi connectivity index (χ4n) is 0.841. The molecule has 0 saturated heterocycles. The van der Waals surface area contributed by atoms with E-state index in [-0.39, 0.29) is 0 Å². The van der Waals surface area contributed by atoms with Crippen LogP contribution in [0.2, 0.25) is 0 Å². The highest BCUT2D eigenvalue weighted by Crippen LogP contribution is 2.19. The molecule has 0 aromatic heterocycles. The Kier molecular flexibility index (Phi) is 1.52. The van der Waals surface area contributed by atoms with Gasteiger partial charge in [-0.2, -0.15) is 0 Å². The van der Waals surface area contributed by atoms with Crippen LogP contribution < -0.4 is 0 Å². The van der Waals surface area contributed by atoms with Crippen LogP contribution >= 0.6 is 0 Å². The van der Waals surface area contributed by atoms with E-state index in [1.807, 2.05) is 6.92 Å². The summed E-state index contributed by atoms with van der Waals surface area (Å²) < 4.78 is 0. The van der Waals surface area contributed by atoms with Crippen LogP contribution in [0.15, 0.2) is 29.4 Å². The van der Waals surface area contributed by atoms with E-state index in [2.05, 4.69) is 18.2 Å². The molecular formula is C8H11N. The first kappa shape index (κ1) is 6.27. The van der Waals surface area contributed by atoms with Gasteiger partial charge >= 0.3 is 0 Å². The summed E-state index contributed by atoms with van der Waals surface area (Å²) in [5.74, 6) is 0. The van der Waals surface area contributed by atoms with Crippen LogP contribution in [0, 0.1) is 0 Å². The SMILES string of the molecule is C=C1CCC(C)=NC1=C. The maximum Gasteiger partial charge on any atom is 0.0583 e. The Balaban J connectivity index is 2.82. The first-order chi connectivity index (χ1) is 4.20. The van der Waals surface area contributed by atoms with E-state index in [1.165, 1.54) is 5.71 Å². The van der Waals surface area contributed by atoms with Gasteiger partial charge in [0.2, 0.25) is 0 Å². The highest BCUT2D eigenvalue weighted by molar-refractivity contribution is 5.84. The molecular weight excluding hydrogens is 110 g/mol. The number of aliphatic imine (C=N–C) groups is 1. The molecule has 0 unspecified atom stereocenters. The van der Waals surface area contributed by atoms with Crippen molar-refractivity contribution < 1.29 is 0 Å². The minimum Gasteiger partial charge on any atom is -0.258 e. The van der Waals surface area contributed by atoms with Crippen LogP contribution in [0.3, 0.4) is 0 Å². The summed E-state index contributed by atoms with van der Waals surface area (Å²) in [5.41, 5.74) is 3.12. The first-order valence-corrected chi connectivity index (χ1v) is 3.11. The molecule has 0 amide bonds. The van der Waals surface area contributed by atoms with Gasteiger partial charge in [-0.25, -0.2) is 0 Å². The van der Waals surface area contributed by atoms with Gasteiger partial charge in [-0.15, -0.1) is 0 Å². The molecule has 1 heteroatoms. The second-order valence-electron chi connectivity index (χ2n) is 2.40. The summed E-state index contributed by atoms with van der Waals surface area (Å²) in [6.45, 7) is 9.61. The lowest BCUT2D eigenvalue weighted by Crippen LogP contribution is -2.01. The Bertz CT molecular complexity index is 187. The second kappa shape index (κ2) is 2.18. The molecule has 0 fully saturated rings. The molecule has 1 aliphatic rings. The average molecular weight is 121 g/mol. The molecule has 0 radical (unpaired) electrons. The Morgan fingerprint density at radius 2 is 2.00 bits per heavy atom. The van der Waals surface area contributed by atoms with Gasteiger partial charge in [0.1, 0.15) is 0 Å². The van der Waals surface area contributed by atoms with Crippen LogP contribution in [0.5, 0.6) is 0 Å². The van der Waals surface area contributed by atoms with Crippen molar-refractivity contribution in [2.45, 2.75) is 19.8 Å². The van der Waals surface area contributed by atoms with Gasteiger partial charge in [-0.1, -0.05) is 13.2 Å². The van der Waals surface area contributed by atoms with Crippen LogP contribution in [0.1, 0.15) is 19.8 Å². The molecule has 0 spiro atoms. The molecule has 0 aromatic rings. The molecule has 1 heterocycles. The molecule has 0 saturated carbocycles. The lowest BCUT2D eigenvalue weighted by atomic mass is 10.0. The fourth-order valence-corrected chi connectivity index (χ4v) is 0.841. The largest absolute Gasteiger partial charge is 0.258 e. The van der Waals surface area contributed by atoms with Crippen molar-refractivity contribution in [3.05, 3.63) is 24.4 Å². The molecule has 1 aliphatic heterocycles. The smallest absolute Gasteiger partial charge is 0.0583 e. The molecule has 0 aliphatic carbocycles. The van der Waals surface area contributed by atoms with Crippen LogP contribution in [-0.4, -0.2) is 5.71 Å². The molecule has 0 atom stereocenters. The summed E-state index contributed by atoms with van der Waals surface area (Å²) in [6.07, 6.45) is 2.09. The Morgan fingerprint density at radius 1 is 1.33 bits per heavy atom. The minimum atomic E-state index is 0.860. The summed E-state index contributed by atoms with van der Waals surface area (Å²) in [5, 5.41) is 0. The van der Waals surface area contributed by atoms with Gasteiger partial charge in [0.15, 0.2) is 0 Å². The van der Waals surface area contributed by atoms with Crippen LogP contribution in [0.4, 0.5) is 0 Å². The highest BCUT2D eigenvalue weighted by Gasteiger charge is 2.05. The van der Waals surface area contributed by atoms with Crippen molar-refractivity contribution >= 4 is 5.71 Å². The lowest BCUT2D eigenvalue weighted by Gasteiger charge is -2.11. The van der Waals surface area contributed by atoms with Crippen LogP contribution in [-0.2, 0) is 0 Å². The standard InChI is InChI=1S/C8H11N/c1-6-4-5-7(2)9-8(6)3/h1,3-5H2,2H3. The molecule has 0 aromatic carbocycles. The van der Waals surface area contributed by atoms with Crippen molar-refractivity contribution in [2.75, 3.05) is 0 Å². The third-order valence-corrected chi connectivity index (χ3v) is 1.52. The highest BCUT2D eigenvalue weighted by atomic mass is 14.8. The lowest BCUT2D eigenvalue weighted by molar-refractivity contribution is 0.972. The number of rotatable bonds is 0. The van der Waals surface area contributed by atoms with Crippen molar-refractivity contribution in [3.63, 3.8) is 0 Å². The van der Waals surface area contributed by atoms with E-state index in [0.29, 0.717) is 0 Å². The second-order valence-corrected chi connectivity index (χ2v) is 2.40. The molecule has 1 nitrogen and oxygen atoms in total. The van der Waals surface area contributed by atoms with Gasteiger partial charge in [-0.3, -0.25) is 4.99 Å². The molecule has 48 valence electrons. The number of allylic oxidation sites excluding steroid dienone is 1. The monoisotopic (exact) mass is 121 g/mol. The Morgan fingerprint density at radius 3 is 2.44 bits per heavy atom. The van der Waals surface area contributed by atoms with Gasteiger partial charge in [0, 0.05) is 5.71 Å². The van der Waals surface area contributed by atoms with Gasteiger partial charge in [0.25, 0.3) is 0 Å². The zero-order valence-corrected chi connectivity index (χ0v) is 5.78. The maximum atomic E-state index is 4.19. The predicted octanol–water partition coefficient (Wildman–Crippen LogP) is 2.31. The summed E-state index contributed by atoms with van der Waals surface area (Å²) in [7, 11) is 0. The average Bonchev–Trinajstić information content (AvgIpc) is 1.80. The zero-order chi connectivity index (χ0) is 6.85. The summed E-state index contributed by atoms with van der Waals surface area (Å²) in [4.78, 5) is 4.19. The predicted molar refractivity (Wildman–Crippen MR) is 40.6 cm³/mol. The van der Waals surface area contributed by atoms with Crippen molar-refractivity contribution in [2.24, 2.45) is 4.99 Å². The quantitative estimate of drug-likeness (QED) is 0.466. The van der Waals surface area contributed by atoms with Crippen LogP contribution in [0.25, 0.3) is 0 Å². The van der Waals surface area contributed by atoms with Crippen molar-refractivity contribution in [1.29, 1.82) is 0 Å². The van der Waals surface area contributed by atoms with E-state index in [9.17, 15) is 0 Å². The van der Waals surface area contributed by atoms with E-state index in [1.54, 1.807) is 0 Å². The zero-order valence-electron chi connectivity index (χ0n) is 5.78. The third kappa shape index (κ3) is 1.28. The molecule has 1 rings (SSSR count). The Hall–Kier alpha value is -0.850. The number of nitrogens with zero attached hydrogens (tertiary/aromatic N) is 1. The van der Waals surface area contributed by atoms with Gasteiger partial charge < -0.3 is 0 Å². The topological polar surface area (TPSA) is 12.4 Å². The Labute approximate surface area is 55.8 Å². The molecule has 0 N–H and O–H groups in total. The summed E-state index contributed by atoms with van der Waals surface area (Å²) >= 11 is 0. The number of hydrogen-bond acceptors (Lipinski definition) is 1. The minimum absolute atomic E-state index is 0.860. The first-order valence-electron chi connectivity index (χ1n) is 3.11. The van der Waals surface area contributed by atoms with E-state index in [0.717, 1.165) is 24.1 Å². The van der Waals surface area contributed by atoms with E-state index in [4.69, 9.17) is 0 Å². The van der Waals surface area contributed by atoms with Gasteiger partial charge in [-0.05, 0) is 25.3 Å². The van der Waals surface area contributed by atoms with Crippen molar-refractivity contribution in [1.82, 2.24) is 0 Å². The fraction of sp³-hybridized carbons (Fsp3) is 0.375.